The van der Waals surface area contributed by atoms with Crippen molar-refractivity contribution in [3.63, 3.8) is 0 Å². The molecule has 8 heteroatoms. The Bertz CT molecular complexity index is 979. The van der Waals surface area contributed by atoms with Crippen molar-refractivity contribution in [2.75, 3.05) is 7.11 Å². The smallest absolute Gasteiger partial charge is 0.303 e. The Morgan fingerprint density at radius 3 is 2.23 bits per heavy atom. The molecule has 2 saturated carbocycles. The Kier molecular flexibility index (Phi) is 9.09. The van der Waals surface area contributed by atoms with Gasteiger partial charge in [-0.2, -0.15) is 0 Å². The lowest BCUT2D eigenvalue weighted by Crippen LogP contribution is -2.63. The predicted octanol–water partition coefficient (Wildman–Crippen LogP) is 5.56. The first kappa shape index (κ1) is 28.3. The van der Waals surface area contributed by atoms with E-state index < -0.39 is 12.0 Å². The summed E-state index contributed by atoms with van der Waals surface area (Å²) in [6, 6.07) is 1.07. The summed E-state index contributed by atoms with van der Waals surface area (Å²) < 4.78 is 0. The lowest BCUT2D eigenvalue weighted by Gasteiger charge is -2.56. The van der Waals surface area contributed by atoms with E-state index in [0.717, 1.165) is 42.5 Å². The first-order valence-electron chi connectivity index (χ1n) is 15.6. The largest absolute Gasteiger partial charge is 0.481 e. The topological polar surface area (TPSA) is 94.8 Å². The second kappa shape index (κ2) is 12.5. The fraction of sp³-hybridized carbons (Fsp3) is 0.806. The van der Waals surface area contributed by atoms with E-state index in [1.165, 1.54) is 71.3 Å². The Morgan fingerprint density at radius 1 is 0.974 bits per heavy atom. The number of carbonyl (C=O) groups is 2. The Balaban J connectivity index is 1.39. The summed E-state index contributed by atoms with van der Waals surface area (Å²) in [5.41, 5.74) is 2.14. The van der Waals surface area contributed by atoms with Gasteiger partial charge in [0.1, 0.15) is 7.11 Å². The summed E-state index contributed by atoms with van der Waals surface area (Å²) >= 11 is 0. The Labute approximate surface area is 233 Å². The minimum absolute atomic E-state index is 0.0818. The van der Waals surface area contributed by atoms with Gasteiger partial charge < -0.3 is 14.8 Å². The van der Waals surface area contributed by atoms with Crippen LogP contribution < -0.4 is 0 Å². The van der Waals surface area contributed by atoms with Gasteiger partial charge in [-0.05, 0) is 70.1 Å². The molecule has 5 atom stereocenters. The molecule has 4 bridgehead atoms. The molecule has 216 valence electrons. The van der Waals surface area contributed by atoms with Crippen molar-refractivity contribution in [1.29, 1.82) is 0 Å². The van der Waals surface area contributed by atoms with Gasteiger partial charge in [-0.3, -0.25) is 19.5 Å². The number of carbonyl (C=O) groups excluding carboxylic acids is 1. The molecule has 5 rings (SSSR count). The fourth-order valence-electron chi connectivity index (χ4n) is 8.66. The van der Waals surface area contributed by atoms with Gasteiger partial charge in [0.05, 0.1) is 23.5 Å². The van der Waals surface area contributed by atoms with Crippen molar-refractivity contribution >= 4 is 23.3 Å². The van der Waals surface area contributed by atoms with Crippen LogP contribution in [0.1, 0.15) is 110 Å². The summed E-state index contributed by atoms with van der Waals surface area (Å²) in [6.07, 6.45) is 18.6. The summed E-state index contributed by atoms with van der Waals surface area (Å²) in [6.45, 7) is 4.06. The highest BCUT2D eigenvalue weighted by molar-refractivity contribution is 6.16. The van der Waals surface area contributed by atoms with E-state index in [0.29, 0.717) is 23.8 Å². The number of rotatable bonds is 8. The van der Waals surface area contributed by atoms with Crippen molar-refractivity contribution in [2.24, 2.45) is 22.0 Å². The van der Waals surface area contributed by atoms with Crippen LogP contribution in [0, 0.1) is 11.8 Å². The molecule has 3 heterocycles. The van der Waals surface area contributed by atoms with Gasteiger partial charge in [0.2, 0.25) is 0 Å². The Hall–Kier alpha value is -2.22. The van der Waals surface area contributed by atoms with E-state index in [2.05, 4.69) is 23.1 Å². The number of nitrogens with zero attached hydrogens (tertiary/aromatic N) is 4. The second-order valence-corrected chi connectivity index (χ2v) is 12.7. The maximum Gasteiger partial charge on any atom is 0.303 e. The van der Waals surface area contributed by atoms with Gasteiger partial charge in [-0.25, -0.2) is 0 Å². The molecular weight excluding hydrogens is 492 g/mol. The highest BCUT2D eigenvalue weighted by atomic mass is 16.6. The number of carboxylic acid groups (broad SMARTS) is 1. The van der Waals surface area contributed by atoms with E-state index in [1.54, 1.807) is 0 Å². The van der Waals surface area contributed by atoms with Crippen molar-refractivity contribution < 1.29 is 19.5 Å². The second-order valence-electron chi connectivity index (χ2n) is 12.7. The van der Waals surface area contributed by atoms with Crippen LogP contribution in [0.15, 0.2) is 21.9 Å². The number of oxime groups is 1. The predicted molar refractivity (Wildman–Crippen MR) is 153 cm³/mol. The zero-order valence-corrected chi connectivity index (χ0v) is 24.2. The number of allylic oxidation sites excluding steroid dienone is 2. The normalized spacial score (nSPS) is 36.9. The minimum atomic E-state index is -0.922. The average Bonchev–Trinajstić information content (AvgIpc) is 3.07. The number of aliphatic carboxylic acids is 1. The monoisotopic (exact) mass is 540 g/mol. The zero-order chi connectivity index (χ0) is 27.5. The fourth-order valence-corrected chi connectivity index (χ4v) is 8.66. The maximum atomic E-state index is 14.2. The van der Waals surface area contributed by atoms with Crippen LogP contribution in [0.2, 0.25) is 0 Å². The molecule has 0 radical (unpaired) electrons. The van der Waals surface area contributed by atoms with Crippen LogP contribution in [-0.2, 0) is 14.4 Å². The zero-order valence-electron chi connectivity index (χ0n) is 24.2. The van der Waals surface area contributed by atoms with Crippen LogP contribution in [0.3, 0.4) is 0 Å². The molecule has 3 aliphatic heterocycles. The maximum absolute atomic E-state index is 14.2. The molecule has 2 saturated heterocycles. The van der Waals surface area contributed by atoms with Crippen molar-refractivity contribution in [1.82, 2.24) is 9.80 Å². The molecule has 1 amide bonds. The molecule has 8 nitrogen and oxygen atoms in total. The van der Waals surface area contributed by atoms with E-state index >= 15 is 0 Å². The van der Waals surface area contributed by atoms with Gasteiger partial charge >= 0.3 is 5.97 Å². The number of aliphatic imine (C=N–C) groups is 1. The van der Waals surface area contributed by atoms with E-state index in [1.807, 2.05) is 11.8 Å². The molecule has 0 aromatic rings. The third-order valence-corrected chi connectivity index (χ3v) is 10.1. The number of hydrogen-bond donors (Lipinski definition) is 1. The molecule has 2 aliphatic carbocycles. The molecule has 0 aromatic heterocycles. The van der Waals surface area contributed by atoms with Gasteiger partial charge in [0, 0.05) is 30.6 Å². The molecular formula is C31H48N4O4. The third kappa shape index (κ3) is 6.10. The number of amides is 1. The lowest BCUT2D eigenvalue weighted by atomic mass is 9.73. The first-order valence-corrected chi connectivity index (χ1v) is 15.6. The quantitative estimate of drug-likeness (QED) is 0.321. The van der Waals surface area contributed by atoms with E-state index in [9.17, 15) is 14.7 Å². The Morgan fingerprint density at radius 2 is 1.64 bits per heavy atom. The summed E-state index contributed by atoms with van der Waals surface area (Å²) in [5, 5.41) is 13.4. The van der Waals surface area contributed by atoms with Crippen molar-refractivity contribution in [3.05, 3.63) is 11.8 Å². The highest BCUT2D eigenvalue weighted by Gasteiger charge is 2.48. The number of piperidine rings is 2. The van der Waals surface area contributed by atoms with Crippen LogP contribution >= 0.6 is 0 Å². The number of hydrogen-bond acceptors (Lipinski definition) is 6. The third-order valence-electron chi connectivity index (χ3n) is 10.1. The van der Waals surface area contributed by atoms with Crippen LogP contribution in [0.25, 0.3) is 0 Å². The van der Waals surface area contributed by atoms with Gasteiger partial charge in [-0.1, -0.05) is 50.3 Å². The molecule has 0 aromatic carbocycles. The summed E-state index contributed by atoms with van der Waals surface area (Å²) in [4.78, 5) is 40.2. The molecule has 5 unspecified atom stereocenters. The SMILES string of the molecule is CC/C=C1\C(C)=NC(C(CCC(=O)O)=NOC)C(=O)N1C1CC2CCCC(C1)N2C1CC2CCCCC(C2)C1. The first-order chi connectivity index (χ1) is 18.9. The number of carboxylic acids is 1. The molecule has 39 heavy (non-hydrogen) atoms. The number of fused-ring (bicyclic) bond motifs is 4. The minimum Gasteiger partial charge on any atom is -0.481 e. The molecule has 5 aliphatic rings. The van der Waals surface area contributed by atoms with Gasteiger partial charge in [0.25, 0.3) is 5.91 Å². The highest BCUT2D eigenvalue weighted by Crippen LogP contribution is 2.46. The van der Waals surface area contributed by atoms with Gasteiger partial charge in [0.15, 0.2) is 6.04 Å². The van der Waals surface area contributed by atoms with E-state index in [4.69, 9.17) is 9.83 Å². The summed E-state index contributed by atoms with van der Waals surface area (Å²) in [5.74, 6) is 0.804. The van der Waals surface area contributed by atoms with Gasteiger partial charge in [-0.15, -0.1) is 0 Å². The van der Waals surface area contributed by atoms with Crippen LogP contribution in [0.5, 0.6) is 0 Å². The molecule has 4 fully saturated rings. The molecule has 1 N–H and O–H groups in total. The summed E-state index contributed by atoms with van der Waals surface area (Å²) in [7, 11) is 1.43. The van der Waals surface area contributed by atoms with Crippen LogP contribution in [-0.4, -0.2) is 75.5 Å². The standard InChI is InChI=1S/C31H48N4O4/c1-4-8-28-20(2)32-30(27(33-39-3)13-14-29(36)37)31(38)35(28)26-18-23-11-7-12-24(19-26)34(23)25-16-21-9-5-6-10-22(15-21)17-25/h8,21-26,30H,4-7,9-19H2,1-3H3,(H,36,37)/b28-8+,33-27?. The van der Waals surface area contributed by atoms with E-state index in [-0.39, 0.29) is 24.8 Å². The average molecular weight is 541 g/mol. The lowest BCUT2D eigenvalue weighted by molar-refractivity contribution is -0.137. The van der Waals surface area contributed by atoms with Crippen molar-refractivity contribution in [3.8, 4) is 0 Å². The van der Waals surface area contributed by atoms with Crippen molar-refractivity contribution in [2.45, 2.75) is 140 Å². The van der Waals surface area contributed by atoms with Crippen LogP contribution in [0.4, 0.5) is 0 Å². The molecule has 0 spiro atoms.